The predicted octanol–water partition coefficient (Wildman–Crippen LogP) is -0.686. The zero-order chi connectivity index (χ0) is 9.07. The standard InChI is InChI=1S/C7H18N2O2/c1-7(11,9(2)3)5-4-6(8)10/h6,10-11H,4-5,8H2,1-3H3. The van der Waals surface area contributed by atoms with Crippen molar-refractivity contribution < 1.29 is 10.2 Å². The Morgan fingerprint density at radius 2 is 2.00 bits per heavy atom. The Balaban J connectivity index is 3.73. The van der Waals surface area contributed by atoms with E-state index < -0.39 is 12.0 Å². The van der Waals surface area contributed by atoms with Crippen molar-refractivity contribution in [3.8, 4) is 0 Å². The van der Waals surface area contributed by atoms with E-state index in [4.69, 9.17) is 10.8 Å². The van der Waals surface area contributed by atoms with Crippen molar-refractivity contribution in [3.05, 3.63) is 0 Å². The summed E-state index contributed by atoms with van der Waals surface area (Å²) in [5.41, 5.74) is 4.25. The maximum atomic E-state index is 9.60. The van der Waals surface area contributed by atoms with Crippen LogP contribution in [0.2, 0.25) is 0 Å². The smallest absolute Gasteiger partial charge is 0.115 e. The summed E-state index contributed by atoms with van der Waals surface area (Å²) in [6, 6.07) is 0. The number of nitrogens with zero attached hydrogens (tertiary/aromatic N) is 1. The van der Waals surface area contributed by atoms with Gasteiger partial charge in [-0.3, -0.25) is 4.90 Å². The van der Waals surface area contributed by atoms with Crippen molar-refractivity contribution in [2.75, 3.05) is 14.1 Å². The van der Waals surface area contributed by atoms with Crippen LogP contribution < -0.4 is 5.73 Å². The van der Waals surface area contributed by atoms with Gasteiger partial charge in [-0.05, 0) is 33.9 Å². The minimum absolute atomic E-state index is 0.408. The molecule has 0 aromatic carbocycles. The normalized spacial score (nSPS) is 19.9. The summed E-state index contributed by atoms with van der Waals surface area (Å²) in [4.78, 5) is 1.69. The van der Waals surface area contributed by atoms with Crippen LogP contribution in [-0.2, 0) is 0 Å². The quantitative estimate of drug-likeness (QED) is 0.479. The molecule has 0 aromatic rings. The van der Waals surface area contributed by atoms with E-state index in [2.05, 4.69) is 0 Å². The molecule has 0 bridgehead atoms. The molecule has 4 nitrogen and oxygen atoms in total. The van der Waals surface area contributed by atoms with Crippen molar-refractivity contribution in [2.24, 2.45) is 5.73 Å². The molecule has 4 N–H and O–H groups in total. The van der Waals surface area contributed by atoms with E-state index in [-0.39, 0.29) is 0 Å². The molecule has 11 heavy (non-hydrogen) atoms. The van der Waals surface area contributed by atoms with E-state index in [1.165, 1.54) is 0 Å². The number of nitrogens with two attached hydrogens (primary N) is 1. The van der Waals surface area contributed by atoms with Gasteiger partial charge in [-0.2, -0.15) is 0 Å². The lowest BCUT2D eigenvalue weighted by Crippen LogP contribution is -2.42. The number of aliphatic hydroxyl groups excluding tert-OH is 1. The van der Waals surface area contributed by atoms with Gasteiger partial charge in [0.05, 0.1) is 0 Å². The number of hydrogen-bond acceptors (Lipinski definition) is 4. The second-order valence-corrected chi connectivity index (χ2v) is 3.22. The lowest BCUT2D eigenvalue weighted by Gasteiger charge is -2.31. The summed E-state index contributed by atoms with van der Waals surface area (Å²) in [5, 5.41) is 18.3. The lowest BCUT2D eigenvalue weighted by molar-refractivity contribution is -0.0789. The van der Waals surface area contributed by atoms with E-state index in [1.807, 2.05) is 0 Å². The maximum absolute atomic E-state index is 9.60. The van der Waals surface area contributed by atoms with Gasteiger partial charge in [0.25, 0.3) is 0 Å². The van der Waals surface area contributed by atoms with Gasteiger partial charge in [-0.25, -0.2) is 0 Å². The third kappa shape index (κ3) is 4.31. The molecule has 0 saturated heterocycles. The fraction of sp³-hybridized carbons (Fsp3) is 1.00. The van der Waals surface area contributed by atoms with E-state index in [1.54, 1.807) is 25.9 Å². The molecule has 0 rings (SSSR count). The van der Waals surface area contributed by atoms with Crippen LogP contribution in [0.15, 0.2) is 0 Å². The third-order valence-electron chi connectivity index (χ3n) is 1.88. The fourth-order valence-electron chi connectivity index (χ4n) is 0.645. The molecular weight excluding hydrogens is 144 g/mol. The molecule has 0 aliphatic heterocycles. The monoisotopic (exact) mass is 162 g/mol. The molecule has 0 heterocycles. The van der Waals surface area contributed by atoms with Crippen LogP contribution in [-0.4, -0.2) is 41.2 Å². The molecule has 4 heteroatoms. The van der Waals surface area contributed by atoms with Gasteiger partial charge in [0.15, 0.2) is 0 Å². The second-order valence-electron chi connectivity index (χ2n) is 3.22. The van der Waals surface area contributed by atoms with Crippen LogP contribution in [0.5, 0.6) is 0 Å². The molecular formula is C7H18N2O2. The number of rotatable bonds is 4. The van der Waals surface area contributed by atoms with Gasteiger partial charge in [0.2, 0.25) is 0 Å². The summed E-state index contributed by atoms with van der Waals surface area (Å²) < 4.78 is 0. The first kappa shape index (κ1) is 10.8. The molecule has 68 valence electrons. The second kappa shape index (κ2) is 4.01. The highest BCUT2D eigenvalue weighted by Crippen LogP contribution is 2.14. The first-order valence-electron chi connectivity index (χ1n) is 3.69. The number of hydrogen-bond donors (Lipinski definition) is 3. The van der Waals surface area contributed by atoms with Gasteiger partial charge >= 0.3 is 0 Å². The van der Waals surface area contributed by atoms with Gasteiger partial charge in [0.1, 0.15) is 12.0 Å². The molecule has 0 amide bonds. The number of aliphatic hydroxyl groups is 2. The Labute approximate surface area is 67.6 Å². The predicted molar refractivity (Wildman–Crippen MR) is 43.7 cm³/mol. The lowest BCUT2D eigenvalue weighted by atomic mass is 10.1. The van der Waals surface area contributed by atoms with E-state index in [0.29, 0.717) is 12.8 Å². The first-order chi connectivity index (χ1) is 4.86. The molecule has 0 spiro atoms. The summed E-state index contributed by atoms with van der Waals surface area (Å²) in [5.74, 6) is 0. The van der Waals surface area contributed by atoms with Crippen molar-refractivity contribution >= 4 is 0 Å². The van der Waals surface area contributed by atoms with Crippen molar-refractivity contribution in [2.45, 2.75) is 31.7 Å². The Kier molecular flexibility index (Phi) is 3.96. The largest absolute Gasteiger partial charge is 0.379 e. The van der Waals surface area contributed by atoms with Crippen molar-refractivity contribution in [3.63, 3.8) is 0 Å². The molecule has 2 atom stereocenters. The highest BCUT2D eigenvalue weighted by atomic mass is 16.3. The van der Waals surface area contributed by atoms with Gasteiger partial charge < -0.3 is 15.9 Å². The fourth-order valence-corrected chi connectivity index (χ4v) is 0.645. The summed E-state index contributed by atoms with van der Waals surface area (Å²) >= 11 is 0. The topological polar surface area (TPSA) is 69.7 Å². The Bertz CT molecular complexity index is 113. The third-order valence-corrected chi connectivity index (χ3v) is 1.88. The summed E-state index contributed by atoms with van der Waals surface area (Å²) in [7, 11) is 3.56. The average Bonchev–Trinajstić information content (AvgIpc) is 1.84. The van der Waals surface area contributed by atoms with Gasteiger partial charge in [0, 0.05) is 0 Å². The molecule has 0 fully saturated rings. The SMILES string of the molecule is CN(C)C(C)(O)CCC(N)O. The Morgan fingerprint density at radius 3 is 2.27 bits per heavy atom. The van der Waals surface area contributed by atoms with Crippen LogP contribution in [0, 0.1) is 0 Å². The van der Waals surface area contributed by atoms with Crippen LogP contribution in [0.1, 0.15) is 19.8 Å². The van der Waals surface area contributed by atoms with Crippen molar-refractivity contribution in [1.82, 2.24) is 4.90 Å². The zero-order valence-electron chi connectivity index (χ0n) is 7.41. The molecule has 0 saturated carbocycles. The first-order valence-corrected chi connectivity index (χ1v) is 3.69. The van der Waals surface area contributed by atoms with Crippen LogP contribution in [0.3, 0.4) is 0 Å². The Morgan fingerprint density at radius 1 is 1.55 bits per heavy atom. The molecule has 0 aliphatic carbocycles. The minimum Gasteiger partial charge on any atom is -0.379 e. The molecule has 0 aromatic heterocycles. The highest BCUT2D eigenvalue weighted by molar-refractivity contribution is 4.69. The van der Waals surface area contributed by atoms with Crippen molar-refractivity contribution in [1.29, 1.82) is 0 Å². The van der Waals surface area contributed by atoms with E-state index >= 15 is 0 Å². The Hall–Kier alpha value is -0.160. The van der Waals surface area contributed by atoms with Crippen LogP contribution >= 0.6 is 0 Å². The van der Waals surface area contributed by atoms with Crippen LogP contribution in [0.25, 0.3) is 0 Å². The highest BCUT2D eigenvalue weighted by Gasteiger charge is 2.22. The summed E-state index contributed by atoms with van der Waals surface area (Å²) in [6.45, 7) is 1.69. The van der Waals surface area contributed by atoms with E-state index in [9.17, 15) is 5.11 Å². The van der Waals surface area contributed by atoms with E-state index in [0.717, 1.165) is 0 Å². The van der Waals surface area contributed by atoms with Crippen LogP contribution in [0.4, 0.5) is 0 Å². The maximum Gasteiger partial charge on any atom is 0.115 e. The average molecular weight is 162 g/mol. The van der Waals surface area contributed by atoms with Gasteiger partial charge in [-0.15, -0.1) is 0 Å². The molecule has 2 unspecified atom stereocenters. The molecule has 0 aliphatic rings. The zero-order valence-corrected chi connectivity index (χ0v) is 7.41. The summed E-state index contributed by atoms with van der Waals surface area (Å²) in [6.07, 6.45) is 0.0458. The minimum atomic E-state index is -0.875. The molecule has 0 radical (unpaired) electrons. The van der Waals surface area contributed by atoms with Gasteiger partial charge in [-0.1, -0.05) is 0 Å².